The van der Waals surface area contributed by atoms with Crippen molar-refractivity contribution in [2.45, 2.75) is 17.7 Å². The highest BCUT2D eigenvalue weighted by atomic mass is 32.2. The fraction of sp³-hybridized carbons (Fsp3) is 0.429. The van der Waals surface area contributed by atoms with Gasteiger partial charge in [0.05, 0.1) is 12.0 Å². The Labute approximate surface area is 123 Å². The fourth-order valence-corrected chi connectivity index (χ4v) is 3.39. The minimum Gasteiger partial charge on any atom is -0.497 e. The zero-order valence-corrected chi connectivity index (χ0v) is 12.6. The van der Waals surface area contributed by atoms with E-state index >= 15 is 0 Å². The summed E-state index contributed by atoms with van der Waals surface area (Å²) in [5, 5.41) is 0. The van der Waals surface area contributed by atoms with Crippen molar-refractivity contribution in [3.63, 3.8) is 0 Å². The van der Waals surface area contributed by atoms with Crippen molar-refractivity contribution in [1.29, 1.82) is 0 Å². The predicted octanol–water partition coefficient (Wildman–Crippen LogP) is 0.660. The zero-order chi connectivity index (χ0) is 15.5. The number of benzene rings is 1. The van der Waals surface area contributed by atoms with Gasteiger partial charge < -0.3 is 9.64 Å². The maximum atomic E-state index is 12.2. The number of hydrogen-bond donors (Lipinski definition) is 0. The van der Waals surface area contributed by atoms with Crippen molar-refractivity contribution in [2.24, 2.45) is 0 Å². The molecule has 0 aliphatic carbocycles. The van der Waals surface area contributed by atoms with Crippen LogP contribution < -0.4 is 4.74 Å². The Kier molecular flexibility index (Phi) is 4.62. The molecule has 1 heterocycles. The van der Waals surface area contributed by atoms with Gasteiger partial charge in [-0.1, -0.05) is 6.07 Å². The molecule has 114 valence electrons. The van der Waals surface area contributed by atoms with Crippen LogP contribution in [-0.2, 0) is 19.4 Å². The standard InChI is InChI=1S/C14H17NO5S/c1-20-12-3-2-4-13(9-12)21(18,19)10-14(17)15-7-5-11(16)6-8-15/h2-4,9H,5-8,10H2,1H3. The van der Waals surface area contributed by atoms with E-state index in [0.29, 0.717) is 31.7 Å². The number of rotatable bonds is 4. The van der Waals surface area contributed by atoms with Crippen LogP contribution in [0.5, 0.6) is 5.75 Å². The number of likely N-dealkylation sites (tertiary alicyclic amines) is 1. The molecule has 7 heteroatoms. The summed E-state index contributed by atoms with van der Waals surface area (Å²) in [5.74, 6) is -0.527. The Hall–Kier alpha value is -1.89. The third-order valence-electron chi connectivity index (χ3n) is 3.39. The van der Waals surface area contributed by atoms with Gasteiger partial charge in [0.25, 0.3) is 0 Å². The molecule has 6 nitrogen and oxygen atoms in total. The van der Waals surface area contributed by atoms with Crippen molar-refractivity contribution in [1.82, 2.24) is 4.90 Å². The van der Waals surface area contributed by atoms with E-state index in [1.807, 2.05) is 0 Å². The number of hydrogen-bond acceptors (Lipinski definition) is 5. The van der Waals surface area contributed by atoms with E-state index in [-0.39, 0.29) is 10.7 Å². The molecule has 2 rings (SSSR count). The molecular weight excluding hydrogens is 294 g/mol. The van der Waals surface area contributed by atoms with Crippen LogP contribution in [0.3, 0.4) is 0 Å². The van der Waals surface area contributed by atoms with Gasteiger partial charge in [-0.3, -0.25) is 9.59 Å². The molecule has 1 saturated heterocycles. The Morgan fingerprint density at radius 1 is 1.29 bits per heavy atom. The first-order chi connectivity index (χ1) is 9.92. The van der Waals surface area contributed by atoms with Gasteiger partial charge in [-0.15, -0.1) is 0 Å². The second-order valence-corrected chi connectivity index (χ2v) is 6.85. The average molecular weight is 311 g/mol. The summed E-state index contributed by atoms with van der Waals surface area (Å²) in [7, 11) is -2.27. The highest BCUT2D eigenvalue weighted by Crippen LogP contribution is 2.19. The van der Waals surface area contributed by atoms with Gasteiger partial charge in [0, 0.05) is 25.9 Å². The summed E-state index contributed by atoms with van der Waals surface area (Å²) in [5.41, 5.74) is 0. The highest BCUT2D eigenvalue weighted by Gasteiger charge is 2.26. The average Bonchev–Trinajstić information content (AvgIpc) is 2.47. The number of carbonyl (C=O) groups excluding carboxylic acids is 2. The molecule has 1 fully saturated rings. The van der Waals surface area contributed by atoms with Crippen LogP contribution >= 0.6 is 0 Å². The van der Waals surface area contributed by atoms with Crippen molar-refractivity contribution < 1.29 is 22.7 Å². The van der Waals surface area contributed by atoms with Crippen LogP contribution in [0.25, 0.3) is 0 Å². The zero-order valence-electron chi connectivity index (χ0n) is 11.7. The van der Waals surface area contributed by atoms with E-state index in [0.717, 1.165) is 0 Å². The fourth-order valence-electron chi connectivity index (χ4n) is 2.14. The predicted molar refractivity (Wildman–Crippen MR) is 75.9 cm³/mol. The van der Waals surface area contributed by atoms with Crippen LogP contribution in [-0.4, -0.2) is 51.0 Å². The number of ether oxygens (including phenoxy) is 1. The number of methoxy groups -OCH3 is 1. The first-order valence-corrected chi connectivity index (χ1v) is 8.24. The van der Waals surface area contributed by atoms with E-state index < -0.39 is 21.5 Å². The van der Waals surface area contributed by atoms with Crippen LogP contribution in [0.4, 0.5) is 0 Å². The van der Waals surface area contributed by atoms with Crippen molar-refractivity contribution in [3.05, 3.63) is 24.3 Å². The maximum absolute atomic E-state index is 12.2. The lowest BCUT2D eigenvalue weighted by molar-refractivity contribution is -0.132. The number of nitrogens with zero attached hydrogens (tertiary/aromatic N) is 1. The molecule has 0 bridgehead atoms. The minimum atomic E-state index is -3.71. The van der Waals surface area contributed by atoms with Crippen LogP contribution in [0, 0.1) is 0 Å². The molecule has 0 atom stereocenters. The number of piperidine rings is 1. The molecule has 0 N–H and O–H groups in total. The van der Waals surface area contributed by atoms with Gasteiger partial charge >= 0.3 is 0 Å². The molecule has 1 aromatic rings. The lowest BCUT2D eigenvalue weighted by atomic mass is 10.1. The molecule has 0 saturated carbocycles. The summed E-state index contributed by atoms with van der Waals surface area (Å²) in [6, 6.07) is 6.03. The first kappa shape index (κ1) is 15.5. The van der Waals surface area contributed by atoms with Crippen LogP contribution in [0.15, 0.2) is 29.2 Å². The third-order valence-corrected chi connectivity index (χ3v) is 4.99. The van der Waals surface area contributed by atoms with E-state index in [9.17, 15) is 18.0 Å². The molecule has 0 aromatic heterocycles. The lowest BCUT2D eigenvalue weighted by Crippen LogP contribution is -2.41. The normalized spacial score (nSPS) is 15.9. The Balaban J connectivity index is 2.09. The highest BCUT2D eigenvalue weighted by molar-refractivity contribution is 7.92. The largest absolute Gasteiger partial charge is 0.497 e. The second-order valence-electron chi connectivity index (χ2n) is 4.86. The van der Waals surface area contributed by atoms with Gasteiger partial charge in [0.15, 0.2) is 9.84 Å². The van der Waals surface area contributed by atoms with E-state index in [1.165, 1.54) is 24.1 Å². The summed E-state index contributed by atoms with van der Waals surface area (Å²) in [6.07, 6.45) is 0.593. The number of amides is 1. The lowest BCUT2D eigenvalue weighted by Gasteiger charge is -2.25. The maximum Gasteiger partial charge on any atom is 0.238 e. The molecule has 0 radical (unpaired) electrons. The van der Waals surface area contributed by atoms with E-state index in [1.54, 1.807) is 12.1 Å². The van der Waals surface area contributed by atoms with Gasteiger partial charge in [-0.2, -0.15) is 0 Å². The second kappa shape index (κ2) is 6.26. The number of sulfone groups is 1. The van der Waals surface area contributed by atoms with Crippen molar-refractivity contribution in [3.8, 4) is 5.75 Å². The van der Waals surface area contributed by atoms with E-state index in [2.05, 4.69) is 0 Å². The smallest absolute Gasteiger partial charge is 0.238 e. The number of Topliss-reactive ketones (excluding diaryl/α,β-unsaturated/α-hetero) is 1. The Bertz CT molecular complexity index is 643. The first-order valence-electron chi connectivity index (χ1n) is 6.58. The molecule has 1 aliphatic heterocycles. The van der Waals surface area contributed by atoms with E-state index in [4.69, 9.17) is 4.74 Å². The van der Waals surface area contributed by atoms with Gasteiger partial charge in [0.2, 0.25) is 5.91 Å². The topological polar surface area (TPSA) is 80.8 Å². The Morgan fingerprint density at radius 2 is 1.95 bits per heavy atom. The quantitative estimate of drug-likeness (QED) is 0.816. The minimum absolute atomic E-state index is 0.0586. The monoisotopic (exact) mass is 311 g/mol. The molecule has 0 spiro atoms. The van der Waals surface area contributed by atoms with Gasteiger partial charge in [-0.05, 0) is 18.2 Å². The van der Waals surface area contributed by atoms with Gasteiger partial charge in [-0.25, -0.2) is 8.42 Å². The Morgan fingerprint density at radius 3 is 2.57 bits per heavy atom. The van der Waals surface area contributed by atoms with Crippen molar-refractivity contribution in [2.75, 3.05) is 26.0 Å². The number of ketones is 1. The number of carbonyl (C=O) groups is 2. The summed E-state index contributed by atoms with van der Waals surface area (Å²) >= 11 is 0. The molecule has 1 aliphatic rings. The summed E-state index contributed by atoms with van der Waals surface area (Å²) in [4.78, 5) is 24.7. The van der Waals surface area contributed by atoms with Crippen LogP contribution in [0.2, 0.25) is 0 Å². The third kappa shape index (κ3) is 3.81. The summed E-state index contributed by atoms with van der Waals surface area (Å²) in [6.45, 7) is 0.594. The molecule has 1 amide bonds. The molecule has 21 heavy (non-hydrogen) atoms. The SMILES string of the molecule is COc1cccc(S(=O)(=O)CC(=O)N2CCC(=O)CC2)c1. The molecule has 1 aromatic carbocycles. The van der Waals surface area contributed by atoms with Crippen molar-refractivity contribution >= 4 is 21.5 Å². The van der Waals surface area contributed by atoms with Crippen LogP contribution in [0.1, 0.15) is 12.8 Å². The summed E-state index contributed by atoms with van der Waals surface area (Å²) < 4.78 is 29.5. The molecular formula is C14H17NO5S. The van der Waals surface area contributed by atoms with Gasteiger partial charge in [0.1, 0.15) is 17.3 Å². The molecule has 0 unspecified atom stereocenters.